The van der Waals surface area contributed by atoms with Crippen molar-refractivity contribution < 1.29 is 4.74 Å². The molecule has 3 heteroatoms. The Labute approximate surface area is 132 Å². The lowest BCUT2D eigenvalue weighted by molar-refractivity contribution is 0.0741. The summed E-state index contributed by atoms with van der Waals surface area (Å²) in [6.07, 6.45) is -0.352. The second-order valence-electron chi connectivity index (χ2n) is 5.32. The Balaban J connectivity index is 1.95. The van der Waals surface area contributed by atoms with E-state index >= 15 is 0 Å². The van der Waals surface area contributed by atoms with E-state index in [1.54, 1.807) is 6.92 Å². The number of rotatable bonds is 8. The predicted octanol–water partition coefficient (Wildman–Crippen LogP) is 3.62. The van der Waals surface area contributed by atoms with Crippen LogP contribution in [0.5, 0.6) is 0 Å². The number of ether oxygens (including phenoxy) is 1. The zero-order chi connectivity index (χ0) is 15.6. The van der Waals surface area contributed by atoms with E-state index in [9.17, 15) is 0 Å². The molecular weight excluding hydrogens is 272 g/mol. The molecule has 22 heavy (non-hydrogen) atoms. The molecule has 0 aromatic heterocycles. The summed E-state index contributed by atoms with van der Waals surface area (Å²) in [6.45, 7) is 4.89. The van der Waals surface area contributed by atoms with Gasteiger partial charge in [0.1, 0.15) is 6.10 Å². The number of benzene rings is 2. The highest BCUT2D eigenvalue weighted by Crippen LogP contribution is 2.10. The van der Waals surface area contributed by atoms with Gasteiger partial charge < -0.3 is 4.74 Å². The number of hydrogen-bond acceptors (Lipinski definition) is 3. The molecule has 0 aliphatic heterocycles. The zero-order valence-electron chi connectivity index (χ0n) is 13.0. The number of nitriles is 1. The van der Waals surface area contributed by atoms with Gasteiger partial charge >= 0.3 is 0 Å². The first-order valence-electron chi connectivity index (χ1n) is 7.59. The quantitative estimate of drug-likeness (QED) is 0.746. The van der Waals surface area contributed by atoms with Crippen molar-refractivity contribution in [3.8, 4) is 6.07 Å². The van der Waals surface area contributed by atoms with Crippen molar-refractivity contribution in [3.63, 3.8) is 0 Å². The van der Waals surface area contributed by atoms with Crippen LogP contribution in [0.15, 0.2) is 60.7 Å². The topological polar surface area (TPSA) is 36.3 Å². The highest BCUT2D eigenvalue weighted by atomic mass is 16.5. The average Bonchev–Trinajstić information content (AvgIpc) is 2.56. The van der Waals surface area contributed by atoms with Gasteiger partial charge in [-0.25, -0.2) is 0 Å². The van der Waals surface area contributed by atoms with Crippen molar-refractivity contribution in [1.82, 2.24) is 4.90 Å². The van der Waals surface area contributed by atoms with Gasteiger partial charge in [-0.2, -0.15) is 5.26 Å². The first-order valence-corrected chi connectivity index (χ1v) is 7.59. The highest BCUT2D eigenvalue weighted by molar-refractivity contribution is 5.17. The van der Waals surface area contributed by atoms with Crippen molar-refractivity contribution in [2.45, 2.75) is 26.1 Å². The van der Waals surface area contributed by atoms with Crippen LogP contribution in [-0.2, 0) is 17.8 Å². The van der Waals surface area contributed by atoms with Crippen LogP contribution in [0, 0.1) is 11.3 Å². The third-order valence-electron chi connectivity index (χ3n) is 3.46. The van der Waals surface area contributed by atoms with Gasteiger partial charge in [0.05, 0.1) is 12.7 Å². The second-order valence-corrected chi connectivity index (χ2v) is 5.32. The molecule has 1 unspecified atom stereocenters. The normalized spacial score (nSPS) is 12.0. The lowest BCUT2D eigenvalue weighted by Gasteiger charge is -2.23. The van der Waals surface area contributed by atoms with E-state index in [1.165, 1.54) is 11.1 Å². The lowest BCUT2D eigenvalue weighted by atomic mass is 10.1. The van der Waals surface area contributed by atoms with Gasteiger partial charge in [0, 0.05) is 19.6 Å². The Kier molecular flexibility index (Phi) is 6.63. The lowest BCUT2D eigenvalue weighted by Crippen LogP contribution is -2.28. The van der Waals surface area contributed by atoms with Crippen LogP contribution in [-0.4, -0.2) is 24.2 Å². The fraction of sp³-hybridized carbons (Fsp3) is 0.316. The fourth-order valence-corrected chi connectivity index (χ4v) is 2.29. The minimum atomic E-state index is -0.352. The monoisotopic (exact) mass is 294 g/mol. The van der Waals surface area contributed by atoms with Crippen molar-refractivity contribution in [1.29, 1.82) is 5.26 Å². The van der Waals surface area contributed by atoms with Gasteiger partial charge in [0.15, 0.2) is 0 Å². The maximum Gasteiger partial charge on any atom is 0.141 e. The molecule has 2 aromatic carbocycles. The maximum absolute atomic E-state index is 8.78. The highest BCUT2D eigenvalue weighted by Gasteiger charge is 2.08. The Bertz CT molecular complexity index is 536. The van der Waals surface area contributed by atoms with Crippen LogP contribution in [0.1, 0.15) is 18.1 Å². The Morgan fingerprint density at radius 3 is 1.91 bits per heavy atom. The van der Waals surface area contributed by atoms with Crippen LogP contribution in [0.25, 0.3) is 0 Å². The minimum Gasteiger partial charge on any atom is -0.362 e. The molecule has 0 spiro atoms. The van der Waals surface area contributed by atoms with E-state index in [-0.39, 0.29) is 6.10 Å². The standard InChI is InChI=1S/C19H22N2O/c1-17(14-20)22-13-12-21(15-18-8-4-2-5-9-18)16-19-10-6-3-7-11-19/h2-11,17H,12-13,15-16H2,1H3. The molecule has 3 nitrogen and oxygen atoms in total. The first kappa shape index (κ1) is 16.2. The predicted molar refractivity (Wildman–Crippen MR) is 88.0 cm³/mol. The van der Waals surface area contributed by atoms with E-state index in [0.29, 0.717) is 6.61 Å². The Hall–Kier alpha value is -2.15. The molecule has 0 heterocycles. The number of hydrogen-bond donors (Lipinski definition) is 0. The molecular formula is C19H22N2O. The molecule has 0 aliphatic carbocycles. The zero-order valence-corrected chi connectivity index (χ0v) is 13.0. The summed E-state index contributed by atoms with van der Waals surface area (Å²) in [5, 5.41) is 8.78. The summed E-state index contributed by atoms with van der Waals surface area (Å²) >= 11 is 0. The van der Waals surface area contributed by atoms with Crippen LogP contribution in [0.4, 0.5) is 0 Å². The minimum absolute atomic E-state index is 0.352. The molecule has 0 amide bonds. The van der Waals surface area contributed by atoms with Gasteiger partial charge in [-0.15, -0.1) is 0 Å². The third-order valence-corrected chi connectivity index (χ3v) is 3.46. The van der Waals surface area contributed by atoms with Crippen molar-refractivity contribution in [3.05, 3.63) is 71.8 Å². The maximum atomic E-state index is 8.78. The molecule has 2 aromatic rings. The van der Waals surface area contributed by atoms with E-state index in [4.69, 9.17) is 10.00 Å². The molecule has 0 saturated carbocycles. The summed E-state index contributed by atoms with van der Waals surface area (Å²) in [5.74, 6) is 0. The van der Waals surface area contributed by atoms with Crippen LogP contribution < -0.4 is 0 Å². The van der Waals surface area contributed by atoms with Crippen LogP contribution >= 0.6 is 0 Å². The van der Waals surface area contributed by atoms with E-state index in [0.717, 1.165) is 19.6 Å². The first-order chi connectivity index (χ1) is 10.8. The molecule has 0 radical (unpaired) electrons. The molecule has 2 rings (SSSR count). The van der Waals surface area contributed by atoms with Gasteiger partial charge in [-0.1, -0.05) is 60.7 Å². The van der Waals surface area contributed by atoms with Gasteiger partial charge in [0.25, 0.3) is 0 Å². The second kappa shape index (κ2) is 8.99. The molecule has 114 valence electrons. The van der Waals surface area contributed by atoms with Gasteiger partial charge in [-0.05, 0) is 18.1 Å². The molecule has 1 atom stereocenters. The molecule has 0 fully saturated rings. The van der Waals surface area contributed by atoms with E-state index in [1.807, 2.05) is 12.1 Å². The summed E-state index contributed by atoms with van der Waals surface area (Å²) in [5.41, 5.74) is 2.57. The van der Waals surface area contributed by atoms with Gasteiger partial charge in [0.2, 0.25) is 0 Å². The SMILES string of the molecule is CC(C#N)OCCN(Cc1ccccc1)Cc1ccccc1. The Morgan fingerprint density at radius 1 is 0.955 bits per heavy atom. The van der Waals surface area contributed by atoms with Crippen molar-refractivity contribution >= 4 is 0 Å². The van der Waals surface area contributed by atoms with Crippen molar-refractivity contribution in [2.75, 3.05) is 13.2 Å². The summed E-state index contributed by atoms with van der Waals surface area (Å²) < 4.78 is 5.49. The summed E-state index contributed by atoms with van der Waals surface area (Å²) in [4.78, 5) is 2.34. The summed E-state index contributed by atoms with van der Waals surface area (Å²) in [7, 11) is 0. The van der Waals surface area contributed by atoms with Crippen LogP contribution in [0.2, 0.25) is 0 Å². The molecule has 0 aliphatic rings. The van der Waals surface area contributed by atoms with E-state index in [2.05, 4.69) is 59.5 Å². The largest absolute Gasteiger partial charge is 0.362 e. The number of nitrogens with zero attached hydrogens (tertiary/aromatic N) is 2. The van der Waals surface area contributed by atoms with Crippen LogP contribution in [0.3, 0.4) is 0 Å². The molecule has 0 N–H and O–H groups in total. The Morgan fingerprint density at radius 2 is 1.45 bits per heavy atom. The van der Waals surface area contributed by atoms with E-state index < -0.39 is 0 Å². The molecule has 0 saturated heterocycles. The van der Waals surface area contributed by atoms with Gasteiger partial charge in [-0.3, -0.25) is 4.90 Å². The third kappa shape index (κ3) is 5.69. The average molecular weight is 294 g/mol. The fourth-order valence-electron chi connectivity index (χ4n) is 2.29. The smallest absolute Gasteiger partial charge is 0.141 e. The summed E-state index contributed by atoms with van der Waals surface area (Å²) in [6, 6.07) is 22.9. The van der Waals surface area contributed by atoms with Crippen molar-refractivity contribution in [2.24, 2.45) is 0 Å². The molecule has 0 bridgehead atoms.